The number of para-hydroxylation sites is 1. The van der Waals surface area contributed by atoms with Crippen LogP contribution < -0.4 is 10.1 Å². The molecular formula is C11H15NO. The minimum Gasteiger partial charge on any atom is -0.495 e. The lowest BCUT2D eigenvalue weighted by atomic mass is 9.92. The molecule has 13 heavy (non-hydrogen) atoms. The monoisotopic (exact) mass is 177 g/mol. The highest BCUT2D eigenvalue weighted by molar-refractivity contribution is 5.64. The molecule has 0 fully saturated rings. The summed E-state index contributed by atoms with van der Waals surface area (Å²) in [5.74, 6) is 1.61. The maximum Gasteiger partial charge on any atom is 0.142 e. The smallest absolute Gasteiger partial charge is 0.142 e. The van der Waals surface area contributed by atoms with Crippen LogP contribution in [0.15, 0.2) is 18.2 Å². The highest BCUT2D eigenvalue weighted by atomic mass is 16.5. The first-order chi connectivity index (χ1) is 6.33. The zero-order valence-corrected chi connectivity index (χ0v) is 8.13. The zero-order chi connectivity index (χ0) is 9.26. The van der Waals surface area contributed by atoms with E-state index < -0.39 is 0 Å². The maximum atomic E-state index is 5.30. The van der Waals surface area contributed by atoms with E-state index in [2.05, 4.69) is 24.4 Å². The van der Waals surface area contributed by atoms with Crippen molar-refractivity contribution in [3.05, 3.63) is 23.8 Å². The molecule has 0 saturated heterocycles. The van der Waals surface area contributed by atoms with Crippen molar-refractivity contribution in [1.82, 2.24) is 0 Å². The fourth-order valence-electron chi connectivity index (χ4n) is 1.89. The van der Waals surface area contributed by atoms with Crippen LogP contribution in [0.4, 0.5) is 5.69 Å². The van der Waals surface area contributed by atoms with E-state index in [9.17, 15) is 0 Å². The van der Waals surface area contributed by atoms with Gasteiger partial charge in [0.1, 0.15) is 5.75 Å². The van der Waals surface area contributed by atoms with E-state index >= 15 is 0 Å². The van der Waals surface area contributed by atoms with Crippen molar-refractivity contribution >= 4 is 5.69 Å². The molecule has 2 nitrogen and oxygen atoms in total. The quantitative estimate of drug-likeness (QED) is 0.712. The highest BCUT2D eigenvalue weighted by Gasteiger charge is 2.18. The minimum atomic E-state index is 0.645. The molecule has 1 aliphatic heterocycles. The first-order valence-electron chi connectivity index (χ1n) is 4.73. The Hall–Kier alpha value is -1.18. The molecule has 0 saturated carbocycles. The topological polar surface area (TPSA) is 21.3 Å². The largest absolute Gasteiger partial charge is 0.495 e. The number of benzene rings is 1. The number of ether oxygens (including phenoxy) is 1. The Labute approximate surface area is 78.9 Å². The Morgan fingerprint density at radius 3 is 3.08 bits per heavy atom. The number of rotatable bonds is 1. The van der Waals surface area contributed by atoms with Gasteiger partial charge in [-0.1, -0.05) is 19.1 Å². The summed E-state index contributed by atoms with van der Waals surface area (Å²) < 4.78 is 5.30. The molecule has 1 N–H and O–H groups in total. The van der Waals surface area contributed by atoms with Gasteiger partial charge < -0.3 is 10.1 Å². The second-order valence-electron chi connectivity index (χ2n) is 3.54. The number of hydrogen-bond donors (Lipinski definition) is 1. The van der Waals surface area contributed by atoms with Gasteiger partial charge in [0.25, 0.3) is 0 Å². The molecule has 1 aromatic carbocycles. The summed E-state index contributed by atoms with van der Waals surface area (Å²) in [7, 11) is 1.72. The van der Waals surface area contributed by atoms with E-state index in [-0.39, 0.29) is 0 Å². The van der Waals surface area contributed by atoms with Gasteiger partial charge in [-0.25, -0.2) is 0 Å². The summed E-state index contributed by atoms with van der Waals surface area (Å²) >= 11 is 0. The van der Waals surface area contributed by atoms with Crippen molar-refractivity contribution in [3.8, 4) is 5.75 Å². The Bertz CT molecular complexity index is 309. The normalized spacial score (nSPS) is 20.3. The average molecular weight is 177 g/mol. The van der Waals surface area contributed by atoms with Gasteiger partial charge in [-0.2, -0.15) is 0 Å². The van der Waals surface area contributed by atoms with Crippen molar-refractivity contribution in [3.63, 3.8) is 0 Å². The fourth-order valence-corrected chi connectivity index (χ4v) is 1.89. The van der Waals surface area contributed by atoms with Crippen molar-refractivity contribution in [2.24, 2.45) is 0 Å². The van der Waals surface area contributed by atoms with Gasteiger partial charge in [0.05, 0.1) is 12.8 Å². The Balaban J connectivity index is 2.48. The Morgan fingerprint density at radius 1 is 1.46 bits per heavy atom. The first-order valence-corrected chi connectivity index (χ1v) is 4.73. The highest BCUT2D eigenvalue weighted by Crippen LogP contribution is 2.37. The van der Waals surface area contributed by atoms with Gasteiger partial charge in [-0.3, -0.25) is 0 Å². The van der Waals surface area contributed by atoms with E-state index in [4.69, 9.17) is 4.74 Å². The molecule has 0 spiro atoms. The lowest BCUT2D eigenvalue weighted by molar-refractivity contribution is 0.414. The number of nitrogens with one attached hydrogen (secondary N) is 1. The van der Waals surface area contributed by atoms with Crippen molar-refractivity contribution in [2.45, 2.75) is 19.3 Å². The molecule has 0 bridgehead atoms. The van der Waals surface area contributed by atoms with Crippen LogP contribution >= 0.6 is 0 Å². The second kappa shape index (κ2) is 3.29. The van der Waals surface area contributed by atoms with Gasteiger partial charge in [0, 0.05) is 6.54 Å². The third-order valence-electron chi connectivity index (χ3n) is 2.69. The molecule has 2 heteroatoms. The van der Waals surface area contributed by atoms with Gasteiger partial charge >= 0.3 is 0 Å². The van der Waals surface area contributed by atoms with E-state index in [0.29, 0.717) is 5.92 Å². The van der Waals surface area contributed by atoms with Gasteiger partial charge in [0.15, 0.2) is 0 Å². The third-order valence-corrected chi connectivity index (χ3v) is 2.69. The van der Waals surface area contributed by atoms with Crippen LogP contribution in [0.5, 0.6) is 5.75 Å². The SMILES string of the molecule is COc1cccc2c1NCC[C@@H]2C. The van der Waals surface area contributed by atoms with E-state index in [0.717, 1.165) is 12.3 Å². The van der Waals surface area contributed by atoms with E-state index in [1.54, 1.807) is 7.11 Å². The second-order valence-corrected chi connectivity index (χ2v) is 3.54. The third kappa shape index (κ3) is 1.37. The molecule has 0 aromatic heterocycles. The van der Waals surface area contributed by atoms with Gasteiger partial charge in [-0.05, 0) is 24.0 Å². The number of hydrogen-bond acceptors (Lipinski definition) is 2. The molecule has 0 amide bonds. The number of fused-ring (bicyclic) bond motifs is 1. The van der Waals surface area contributed by atoms with Gasteiger partial charge in [-0.15, -0.1) is 0 Å². The summed E-state index contributed by atoms with van der Waals surface area (Å²) in [6, 6.07) is 6.24. The minimum absolute atomic E-state index is 0.645. The van der Waals surface area contributed by atoms with Crippen LogP contribution in [0.3, 0.4) is 0 Å². The standard InChI is InChI=1S/C11H15NO/c1-8-6-7-12-11-9(8)4-3-5-10(11)13-2/h3-5,8,12H,6-7H2,1-2H3/t8-/m0/s1. The van der Waals surface area contributed by atoms with Crippen LogP contribution in [0.2, 0.25) is 0 Å². The molecule has 1 aliphatic rings. The summed E-state index contributed by atoms with van der Waals surface area (Å²) in [4.78, 5) is 0. The van der Waals surface area contributed by atoms with Crippen LogP contribution in [-0.2, 0) is 0 Å². The average Bonchev–Trinajstić information content (AvgIpc) is 2.18. The maximum absolute atomic E-state index is 5.30. The predicted octanol–water partition coefficient (Wildman–Crippen LogP) is 2.61. The summed E-state index contributed by atoms with van der Waals surface area (Å²) in [6.45, 7) is 3.31. The molecule has 0 unspecified atom stereocenters. The molecule has 70 valence electrons. The molecule has 1 aromatic rings. The fraction of sp³-hybridized carbons (Fsp3) is 0.455. The molecular weight excluding hydrogens is 162 g/mol. The Kier molecular flexibility index (Phi) is 2.13. The van der Waals surface area contributed by atoms with Gasteiger partial charge in [0.2, 0.25) is 0 Å². The van der Waals surface area contributed by atoms with Crippen LogP contribution in [-0.4, -0.2) is 13.7 Å². The van der Waals surface area contributed by atoms with Crippen molar-refractivity contribution in [1.29, 1.82) is 0 Å². The number of methoxy groups -OCH3 is 1. The Morgan fingerprint density at radius 2 is 2.31 bits per heavy atom. The van der Waals surface area contributed by atoms with Crippen LogP contribution in [0.25, 0.3) is 0 Å². The first kappa shape index (κ1) is 8.42. The zero-order valence-electron chi connectivity index (χ0n) is 8.13. The van der Waals surface area contributed by atoms with Crippen LogP contribution in [0, 0.1) is 0 Å². The lowest BCUT2D eigenvalue weighted by Gasteiger charge is -2.25. The summed E-state index contributed by atoms with van der Waals surface area (Å²) in [6.07, 6.45) is 1.21. The van der Waals surface area contributed by atoms with Crippen molar-refractivity contribution in [2.75, 3.05) is 19.0 Å². The van der Waals surface area contributed by atoms with Crippen molar-refractivity contribution < 1.29 is 4.74 Å². The summed E-state index contributed by atoms with van der Waals surface area (Å²) in [5, 5.41) is 3.39. The molecule has 1 heterocycles. The molecule has 0 aliphatic carbocycles. The number of anilines is 1. The summed E-state index contributed by atoms with van der Waals surface area (Å²) in [5.41, 5.74) is 2.56. The predicted molar refractivity (Wildman–Crippen MR) is 54.5 cm³/mol. The van der Waals surface area contributed by atoms with E-state index in [1.165, 1.54) is 17.7 Å². The molecule has 1 atom stereocenters. The van der Waals surface area contributed by atoms with E-state index in [1.807, 2.05) is 6.07 Å². The molecule has 2 rings (SSSR count). The molecule has 0 radical (unpaired) electrons. The van der Waals surface area contributed by atoms with Crippen LogP contribution in [0.1, 0.15) is 24.8 Å². The lowest BCUT2D eigenvalue weighted by Crippen LogP contribution is -2.15.